The van der Waals surface area contributed by atoms with Gasteiger partial charge in [-0.3, -0.25) is 14.2 Å². The van der Waals surface area contributed by atoms with Crippen molar-refractivity contribution < 1.29 is 4.79 Å². The molecule has 1 saturated heterocycles. The van der Waals surface area contributed by atoms with Gasteiger partial charge in [-0.15, -0.1) is 0 Å². The summed E-state index contributed by atoms with van der Waals surface area (Å²) in [5.74, 6) is 0.649. The fourth-order valence-electron chi connectivity index (χ4n) is 3.30. The number of aromatic nitrogens is 2. The Balaban J connectivity index is 2.08. The third kappa shape index (κ3) is 4.24. The van der Waals surface area contributed by atoms with E-state index in [0.29, 0.717) is 11.5 Å². The highest BCUT2D eigenvalue weighted by Gasteiger charge is 2.18. The van der Waals surface area contributed by atoms with E-state index in [-0.39, 0.29) is 17.2 Å². The van der Waals surface area contributed by atoms with Crippen LogP contribution >= 0.6 is 0 Å². The summed E-state index contributed by atoms with van der Waals surface area (Å²) in [5, 5.41) is 0. The molecular formula is C18H27N3O3. The van der Waals surface area contributed by atoms with Gasteiger partial charge >= 0.3 is 5.69 Å². The van der Waals surface area contributed by atoms with Gasteiger partial charge in [0.15, 0.2) is 0 Å². The fourth-order valence-corrected chi connectivity index (χ4v) is 3.30. The predicted molar refractivity (Wildman–Crippen MR) is 94.8 cm³/mol. The lowest BCUT2D eigenvalue weighted by Crippen LogP contribution is -2.37. The van der Waals surface area contributed by atoms with Gasteiger partial charge in [-0.2, -0.15) is 0 Å². The first kappa shape index (κ1) is 18.2. The van der Waals surface area contributed by atoms with Crippen molar-refractivity contribution in [1.29, 1.82) is 0 Å². The molecule has 0 N–H and O–H groups in total. The van der Waals surface area contributed by atoms with Crippen molar-refractivity contribution >= 4 is 12.0 Å². The lowest BCUT2D eigenvalue weighted by atomic mass is 9.96. The summed E-state index contributed by atoms with van der Waals surface area (Å²) in [6.45, 7) is 3.75. The molecule has 0 radical (unpaired) electrons. The zero-order valence-corrected chi connectivity index (χ0v) is 14.8. The van der Waals surface area contributed by atoms with Crippen LogP contribution < -0.4 is 11.2 Å². The van der Waals surface area contributed by atoms with E-state index in [1.807, 2.05) is 4.90 Å². The zero-order chi connectivity index (χ0) is 17.7. The topological polar surface area (TPSA) is 64.3 Å². The first-order valence-corrected chi connectivity index (χ1v) is 8.67. The van der Waals surface area contributed by atoms with Crippen molar-refractivity contribution in [1.82, 2.24) is 14.0 Å². The molecule has 2 heterocycles. The van der Waals surface area contributed by atoms with Crippen LogP contribution in [0.1, 0.15) is 44.6 Å². The highest BCUT2D eigenvalue weighted by Crippen LogP contribution is 2.22. The smallest absolute Gasteiger partial charge is 0.330 e. The van der Waals surface area contributed by atoms with Crippen LogP contribution in [-0.4, -0.2) is 33.0 Å². The molecule has 1 aliphatic heterocycles. The van der Waals surface area contributed by atoms with E-state index in [2.05, 4.69) is 6.92 Å². The number of nitrogens with zero attached hydrogens (tertiary/aromatic N) is 3. The first-order chi connectivity index (χ1) is 11.4. The first-order valence-electron chi connectivity index (χ1n) is 8.67. The molecule has 0 aliphatic carbocycles. The Morgan fingerprint density at radius 2 is 2.00 bits per heavy atom. The average Bonchev–Trinajstić information content (AvgIpc) is 2.81. The van der Waals surface area contributed by atoms with E-state index in [4.69, 9.17) is 0 Å². The number of likely N-dealkylation sites (tertiary alicyclic amines) is 1. The molecule has 1 aliphatic rings. The van der Waals surface area contributed by atoms with Gasteiger partial charge in [0.25, 0.3) is 5.56 Å². The maximum absolute atomic E-state index is 12.4. The molecule has 24 heavy (non-hydrogen) atoms. The van der Waals surface area contributed by atoms with Crippen molar-refractivity contribution in [2.45, 2.75) is 39.0 Å². The van der Waals surface area contributed by atoms with Crippen LogP contribution in [0.4, 0.5) is 0 Å². The van der Waals surface area contributed by atoms with Crippen LogP contribution in [0.25, 0.3) is 6.08 Å². The Labute approximate surface area is 142 Å². The van der Waals surface area contributed by atoms with Gasteiger partial charge in [-0.05, 0) is 31.3 Å². The Hall–Kier alpha value is -2.11. The minimum absolute atomic E-state index is 0.0666. The lowest BCUT2D eigenvalue weighted by molar-refractivity contribution is -0.125. The minimum Gasteiger partial charge on any atom is -0.339 e. The predicted octanol–water partition coefficient (Wildman–Crippen LogP) is 1.53. The molecular weight excluding hydrogens is 306 g/mol. The van der Waals surface area contributed by atoms with Gasteiger partial charge in [0.2, 0.25) is 5.91 Å². The van der Waals surface area contributed by atoms with E-state index in [1.165, 1.54) is 49.2 Å². The van der Waals surface area contributed by atoms with Crippen molar-refractivity contribution in [3.05, 3.63) is 38.7 Å². The van der Waals surface area contributed by atoms with Gasteiger partial charge in [-0.25, -0.2) is 4.79 Å². The van der Waals surface area contributed by atoms with Crippen LogP contribution in [0.15, 0.2) is 21.9 Å². The summed E-state index contributed by atoms with van der Waals surface area (Å²) in [5.41, 5.74) is -0.425. The number of aryl methyl sites for hydroxylation is 1. The number of hydrogen-bond acceptors (Lipinski definition) is 3. The van der Waals surface area contributed by atoms with Crippen molar-refractivity contribution in [3.63, 3.8) is 0 Å². The molecule has 1 atom stereocenters. The second kappa shape index (κ2) is 8.13. The van der Waals surface area contributed by atoms with Gasteiger partial charge in [0.1, 0.15) is 0 Å². The van der Waals surface area contributed by atoms with Gasteiger partial charge < -0.3 is 9.47 Å². The number of carbonyl (C=O) groups excluding carboxylic acids is 1. The highest BCUT2D eigenvalue weighted by molar-refractivity contribution is 5.91. The maximum Gasteiger partial charge on any atom is 0.330 e. The molecule has 1 fully saturated rings. The van der Waals surface area contributed by atoms with Crippen LogP contribution in [0.3, 0.4) is 0 Å². The molecule has 0 aromatic carbocycles. The summed E-state index contributed by atoms with van der Waals surface area (Å²) in [7, 11) is 3.02. The van der Waals surface area contributed by atoms with E-state index >= 15 is 0 Å². The Kier molecular flexibility index (Phi) is 6.17. The van der Waals surface area contributed by atoms with E-state index in [0.717, 1.165) is 30.5 Å². The second-order valence-corrected chi connectivity index (χ2v) is 6.59. The highest BCUT2D eigenvalue weighted by atomic mass is 16.2. The van der Waals surface area contributed by atoms with Crippen LogP contribution in [0.2, 0.25) is 0 Å². The fraction of sp³-hybridized carbons (Fsp3) is 0.611. The third-order valence-electron chi connectivity index (χ3n) is 4.73. The summed E-state index contributed by atoms with van der Waals surface area (Å²) < 4.78 is 2.39. The van der Waals surface area contributed by atoms with Crippen LogP contribution in [0, 0.1) is 5.92 Å². The standard InChI is InChI=1S/C18H27N3O3/c1-4-6-14-7-5-11-21(12-10-14)16(22)9-8-15-13-19(2)18(24)20(3)17(15)23/h8-9,13-14H,4-7,10-12H2,1-3H3/b9-8-/t14-/m1/s1. The van der Waals surface area contributed by atoms with Gasteiger partial charge in [0, 0.05) is 39.5 Å². The second-order valence-electron chi connectivity index (χ2n) is 6.59. The quantitative estimate of drug-likeness (QED) is 0.785. The molecule has 1 aromatic heterocycles. The summed E-state index contributed by atoms with van der Waals surface area (Å²) in [4.78, 5) is 38.0. The number of amides is 1. The summed E-state index contributed by atoms with van der Waals surface area (Å²) in [6.07, 6.45) is 10.1. The van der Waals surface area contributed by atoms with E-state index in [1.54, 1.807) is 7.05 Å². The van der Waals surface area contributed by atoms with Crippen molar-refractivity contribution in [3.8, 4) is 0 Å². The Bertz CT molecular complexity index is 730. The van der Waals surface area contributed by atoms with E-state index in [9.17, 15) is 14.4 Å². The van der Waals surface area contributed by atoms with Crippen LogP contribution in [0.5, 0.6) is 0 Å². The van der Waals surface area contributed by atoms with Crippen LogP contribution in [-0.2, 0) is 18.9 Å². The summed E-state index contributed by atoms with van der Waals surface area (Å²) in [6, 6.07) is 0. The maximum atomic E-state index is 12.4. The number of carbonyl (C=O) groups is 1. The molecule has 6 nitrogen and oxygen atoms in total. The Morgan fingerprint density at radius 1 is 1.25 bits per heavy atom. The molecule has 0 unspecified atom stereocenters. The molecule has 0 bridgehead atoms. The zero-order valence-electron chi connectivity index (χ0n) is 14.8. The Morgan fingerprint density at radius 3 is 2.71 bits per heavy atom. The molecule has 6 heteroatoms. The van der Waals surface area contributed by atoms with Crippen molar-refractivity contribution in [2.24, 2.45) is 20.0 Å². The molecule has 1 aromatic rings. The molecule has 2 rings (SSSR count). The summed E-state index contributed by atoms with van der Waals surface area (Å²) >= 11 is 0. The molecule has 0 saturated carbocycles. The molecule has 0 spiro atoms. The number of rotatable bonds is 4. The normalized spacial score (nSPS) is 18.8. The lowest BCUT2D eigenvalue weighted by Gasteiger charge is -2.18. The molecule has 132 valence electrons. The van der Waals surface area contributed by atoms with E-state index < -0.39 is 0 Å². The number of hydrogen-bond donors (Lipinski definition) is 0. The van der Waals surface area contributed by atoms with Crippen molar-refractivity contribution in [2.75, 3.05) is 13.1 Å². The largest absolute Gasteiger partial charge is 0.339 e. The monoisotopic (exact) mass is 333 g/mol. The average molecular weight is 333 g/mol. The van der Waals surface area contributed by atoms with Gasteiger partial charge in [0.05, 0.1) is 5.56 Å². The third-order valence-corrected chi connectivity index (χ3v) is 4.73. The SMILES string of the molecule is CCC[C@@H]1CCCN(C(=O)/C=C\c2cn(C)c(=O)n(C)c2=O)CC1. The van der Waals surface area contributed by atoms with Gasteiger partial charge in [-0.1, -0.05) is 19.8 Å². The minimum atomic E-state index is -0.388. The molecule has 1 amide bonds.